The number of carbonyl (C=O) groups is 2. The van der Waals surface area contributed by atoms with Gasteiger partial charge in [0.05, 0.1) is 6.61 Å². The van der Waals surface area contributed by atoms with Crippen LogP contribution in [0.3, 0.4) is 0 Å². The van der Waals surface area contributed by atoms with Crippen molar-refractivity contribution in [1.29, 1.82) is 0 Å². The minimum absolute atomic E-state index is 0.142. The highest BCUT2D eigenvalue weighted by Gasteiger charge is 2.33. The number of ether oxygens (including phenoxy) is 3. The first-order valence-corrected chi connectivity index (χ1v) is 12.8. The first-order chi connectivity index (χ1) is 15.6. The van der Waals surface area contributed by atoms with E-state index in [4.69, 9.17) is 14.2 Å². The number of hydrogen-bond acceptors (Lipinski definition) is 5. The van der Waals surface area contributed by atoms with Gasteiger partial charge in [0.2, 0.25) is 0 Å². The summed E-state index contributed by atoms with van der Waals surface area (Å²) < 4.78 is 18.0. The minimum atomic E-state index is -0.601. The van der Waals surface area contributed by atoms with Crippen molar-refractivity contribution in [1.82, 2.24) is 9.80 Å². The van der Waals surface area contributed by atoms with Crippen molar-refractivity contribution in [2.45, 2.75) is 79.6 Å². The van der Waals surface area contributed by atoms with E-state index in [1.165, 1.54) is 0 Å². The first kappa shape index (κ1) is 28.3. The van der Waals surface area contributed by atoms with Gasteiger partial charge in [0, 0.05) is 30.7 Å². The van der Waals surface area contributed by atoms with Gasteiger partial charge in [-0.1, -0.05) is 29.8 Å². The molecule has 1 heterocycles. The van der Waals surface area contributed by atoms with E-state index in [9.17, 15) is 9.59 Å². The SMILES string of the molecule is CC(C)COc1cc(Br)cc(CN(CC2CCN(C(=O)OC(C)(C)C)C2)C(=O)OC(C)(C)C)c1. The summed E-state index contributed by atoms with van der Waals surface area (Å²) in [6.45, 7) is 18.0. The van der Waals surface area contributed by atoms with Gasteiger partial charge in [-0.25, -0.2) is 9.59 Å². The molecule has 1 aromatic rings. The molecule has 1 fully saturated rings. The Bertz CT molecular complexity index is 845. The third-order valence-electron chi connectivity index (χ3n) is 4.96. The van der Waals surface area contributed by atoms with Crippen LogP contribution < -0.4 is 4.74 Å². The third-order valence-corrected chi connectivity index (χ3v) is 5.41. The smallest absolute Gasteiger partial charge is 0.410 e. The summed E-state index contributed by atoms with van der Waals surface area (Å²) in [5.74, 6) is 1.32. The molecule has 8 heteroatoms. The maximum atomic E-state index is 13.1. The van der Waals surface area contributed by atoms with Gasteiger partial charge < -0.3 is 24.0 Å². The largest absolute Gasteiger partial charge is 0.493 e. The van der Waals surface area contributed by atoms with Gasteiger partial charge in [0.1, 0.15) is 17.0 Å². The van der Waals surface area contributed by atoms with Gasteiger partial charge in [-0.05, 0) is 83.6 Å². The maximum absolute atomic E-state index is 13.1. The van der Waals surface area contributed by atoms with Crippen molar-refractivity contribution in [2.75, 3.05) is 26.2 Å². The molecular formula is C26H41BrN2O5. The van der Waals surface area contributed by atoms with Crippen LogP contribution in [-0.2, 0) is 16.0 Å². The summed E-state index contributed by atoms with van der Waals surface area (Å²) in [6.07, 6.45) is 0.130. The molecule has 2 amide bonds. The van der Waals surface area contributed by atoms with Gasteiger partial charge in [0.25, 0.3) is 0 Å². The Hall–Kier alpha value is -1.96. The maximum Gasteiger partial charge on any atom is 0.410 e. The average molecular weight is 542 g/mol. The van der Waals surface area contributed by atoms with E-state index in [0.29, 0.717) is 38.7 Å². The molecule has 192 valence electrons. The Balaban J connectivity index is 2.14. The van der Waals surface area contributed by atoms with Crippen molar-refractivity contribution in [3.63, 3.8) is 0 Å². The quantitative estimate of drug-likeness (QED) is 0.395. The van der Waals surface area contributed by atoms with E-state index in [1.54, 1.807) is 9.80 Å². The van der Waals surface area contributed by atoms with E-state index < -0.39 is 11.2 Å². The zero-order valence-corrected chi connectivity index (χ0v) is 23.5. The molecular weight excluding hydrogens is 500 g/mol. The van der Waals surface area contributed by atoms with Crippen LogP contribution in [0.5, 0.6) is 5.75 Å². The van der Waals surface area contributed by atoms with Crippen LogP contribution in [0.4, 0.5) is 9.59 Å². The fourth-order valence-corrected chi connectivity index (χ4v) is 4.11. The second kappa shape index (κ2) is 11.6. The van der Waals surface area contributed by atoms with Crippen LogP contribution in [-0.4, -0.2) is 59.4 Å². The summed E-state index contributed by atoms with van der Waals surface area (Å²) in [4.78, 5) is 29.0. The Morgan fingerprint density at radius 2 is 1.74 bits per heavy atom. The van der Waals surface area contributed by atoms with Gasteiger partial charge in [-0.15, -0.1) is 0 Å². The molecule has 0 spiro atoms. The molecule has 0 saturated carbocycles. The Morgan fingerprint density at radius 1 is 1.09 bits per heavy atom. The normalized spacial score (nSPS) is 16.5. The zero-order valence-electron chi connectivity index (χ0n) is 21.9. The molecule has 1 unspecified atom stereocenters. The number of hydrogen-bond donors (Lipinski definition) is 0. The fraction of sp³-hybridized carbons (Fsp3) is 0.692. The molecule has 0 aromatic heterocycles. The van der Waals surface area contributed by atoms with Crippen molar-refractivity contribution in [3.8, 4) is 5.75 Å². The topological polar surface area (TPSA) is 68.3 Å². The summed E-state index contributed by atoms with van der Waals surface area (Å²) in [6, 6.07) is 5.88. The number of rotatable bonds is 7. The number of carbonyl (C=O) groups excluding carboxylic acids is 2. The lowest BCUT2D eigenvalue weighted by Crippen LogP contribution is -2.40. The van der Waals surface area contributed by atoms with Crippen LogP contribution >= 0.6 is 15.9 Å². The molecule has 1 aromatic carbocycles. The lowest BCUT2D eigenvalue weighted by molar-refractivity contribution is 0.0196. The lowest BCUT2D eigenvalue weighted by atomic mass is 10.1. The standard InChI is InChI=1S/C26H41BrN2O5/c1-18(2)17-32-22-12-20(11-21(27)13-22)16-29(24(31)34-26(6,7)8)15-19-9-10-28(14-19)23(30)33-25(3,4)5/h11-13,18-19H,9-10,14-17H2,1-8H3. The van der Waals surface area contributed by atoms with E-state index in [2.05, 4.69) is 29.8 Å². The molecule has 0 bridgehead atoms. The van der Waals surface area contributed by atoms with Crippen molar-refractivity contribution >= 4 is 28.1 Å². The highest BCUT2D eigenvalue weighted by atomic mass is 79.9. The van der Waals surface area contributed by atoms with Gasteiger partial charge >= 0.3 is 12.2 Å². The lowest BCUT2D eigenvalue weighted by Gasteiger charge is -2.29. The molecule has 1 aliphatic heterocycles. The molecule has 34 heavy (non-hydrogen) atoms. The predicted octanol–water partition coefficient (Wildman–Crippen LogP) is 6.48. The summed E-state index contributed by atoms with van der Waals surface area (Å²) >= 11 is 3.56. The molecule has 0 aliphatic carbocycles. The second-order valence-corrected chi connectivity index (χ2v) is 12.4. The number of benzene rings is 1. The monoisotopic (exact) mass is 540 g/mol. The third kappa shape index (κ3) is 10.1. The van der Waals surface area contributed by atoms with Crippen LogP contribution in [0, 0.1) is 11.8 Å². The Kier molecular flexibility index (Phi) is 9.69. The predicted molar refractivity (Wildman–Crippen MR) is 137 cm³/mol. The van der Waals surface area contributed by atoms with E-state index >= 15 is 0 Å². The van der Waals surface area contributed by atoms with Gasteiger partial charge in [-0.3, -0.25) is 0 Å². The highest BCUT2D eigenvalue weighted by molar-refractivity contribution is 9.10. The van der Waals surface area contributed by atoms with Gasteiger partial charge in [0.15, 0.2) is 0 Å². The zero-order chi connectivity index (χ0) is 25.7. The molecule has 0 radical (unpaired) electrons. The minimum Gasteiger partial charge on any atom is -0.493 e. The highest BCUT2D eigenvalue weighted by Crippen LogP contribution is 2.26. The van der Waals surface area contributed by atoms with Crippen LogP contribution in [0.2, 0.25) is 0 Å². The second-order valence-electron chi connectivity index (χ2n) is 11.4. The molecule has 1 saturated heterocycles. The summed E-state index contributed by atoms with van der Waals surface area (Å²) in [5, 5.41) is 0. The molecule has 0 N–H and O–H groups in total. The number of amides is 2. The van der Waals surface area contributed by atoms with Crippen molar-refractivity contribution in [2.24, 2.45) is 11.8 Å². The van der Waals surface area contributed by atoms with Crippen molar-refractivity contribution < 1.29 is 23.8 Å². The summed E-state index contributed by atoms with van der Waals surface area (Å²) in [5.41, 5.74) is -0.189. The molecule has 2 rings (SSSR count). The van der Waals surface area contributed by atoms with Gasteiger partial charge in [-0.2, -0.15) is 0 Å². The molecule has 7 nitrogen and oxygen atoms in total. The molecule has 1 atom stereocenters. The number of nitrogens with zero attached hydrogens (tertiary/aromatic N) is 2. The van der Waals surface area contributed by atoms with Crippen molar-refractivity contribution in [3.05, 3.63) is 28.2 Å². The number of halogens is 1. The Labute approximate surface area is 213 Å². The molecule has 1 aliphatic rings. The first-order valence-electron chi connectivity index (χ1n) is 12.0. The van der Waals surface area contributed by atoms with E-state index in [-0.39, 0.29) is 18.1 Å². The van der Waals surface area contributed by atoms with E-state index in [1.807, 2.05) is 59.7 Å². The summed E-state index contributed by atoms with van der Waals surface area (Å²) in [7, 11) is 0. The Morgan fingerprint density at radius 3 is 2.32 bits per heavy atom. The van der Waals surface area contributed by atoms with E-state index in [0.717, 1.165) is 22.2 Å². The fourth-order valence-electron chi connectivity index (χ4n) is 3.59. The average Bonchev–Trinajstić information content (AvgIpc) is 3.11. The van der Waals surface area contributed by atoms with Crippen LogP contribution in [0.25, 0.3) is 0 Å². The van der Waals surface area contributed by atoms with Crippen LogP contribution in [0.1, 0.15) is 67.4 Å². The van der Waals surface area contributed by atoms with Crippen LogP contribution in [0.15, 0.2) is 22.7 Å². The number of likely N-dealkylation sites (tertiary alicyclic amines) is 1.